The molecule has 2 rings (SSSR count). The van der Waals surface area contributed by atoms with Crippen molar-refractivity contribution in [3.8, 4) is 0 Å². The lowest BCUT2D eigenvalue weighted by molar-refractivity contribution is 0.198. The van der Waals surface area contributed by atoms with Gasteiger partial charge in [0.25, 0.3) is 0 Å². The standard InChI is InChI=1S/C16H17BrClNO/c1-11(20)15-8-7-14(9-16(15)17)19(2)10-12-3-5-13(18)6-4-12/h3-9,11,20H,10H2,1-2H3/t11-/m1/s1. The van der Waals surface area contributed by atoms with E-state index in [1.807, 2.05) is 49.5 Å². The van der Waals surface area contributed by atoms with Crippen LogP contribution in [-0.2, 0) is 6.54 Å². The van der Waals surface area contributed by atoms with Crippen LogP contribution in [0.2, 0.25) is 5.02 Å². The molecular formula is C16H17BrClNO. The molecule has 0 bridgehead atoms. The lowest BCUT2D eigenvalue weighted by atomic mass is 10.1. The molecule has 0 fully saturated rings. The average Bonchev–Trinajstić information content (AvgIpc) is 2.40. The van der Waals surface area contributed by atoms with Gasteiger partial charge >= 0.3 is 0 Å². The molecule has 4 heteroatoms. The van der Waals surface area contributed by atoms with Crippen molar-refractivity contribution in [2.45, 2.75) is 19.6 Å². The molecule has 0 radical (unpaired) electrons. The lowest BCUT2D eigenvalue weighted by Crippen LogP contribution is -2.16. The van der Waals surface area contributed by atoms with E-state index in [2.05, 4.69) is 20.8 Å². The molecule has 0 aliphatic heterocycles. The maximum Gasteiger partial charge on any atom is 0.0772 e. The van der Waals surface area contributed by atoms with Crippen LogP contribution < -0.4 is 4.90 Å². The number of hydrogen-bond acceptors (Lipinski definition) is 2. The maximum absolute atomic E-state index is 9.64. The van der Waals surface area contributed by atoms with Gasteiger partial charge in [0.2, 0.25) is 0 Å². The Morgan fingerprint density at radius 3 is 2.40 bits per heavy atom. The number of aliphatic hydroxyl groups is 1. The SMILES string of the molecule is C[C@@H](O)c1ccc(N(C)Cc2ccc(Cl)cc2)cc1Br. The molecule has 0 spiro atoms. The molecule has 2 aromatic carbocycles. The van der Waals surface area contributed by atoms with E-state index in [0.717, 1.165) is 27.3 Å². The van der Waals surface area contributed by atoms with Crippen molar-refractivity contribution in [1.82, 2.24) is 0 Å². The smallest absolute Gasteiger partial charge is 0.0772 e. The Labute approximate surface area is 133 Å². The quantitative estimate of drug-likeness (QED) is 0.853. The second-order valence-corrected chi connectivity index (χ2v) is 6.16. The Hall–Kier alpha value is -1.03. The van der Waals surface area contributed by atoms with E-state index in [1.54, 1.807) is 6.92 Å². The van der Waals surface area contributed by atoms with E-state index in [-0.39, 0.29) is 0 Å². The fourth-order valence-electron chi connectivity index (χ4n) is 2.05. The van der Waals surface area contributed by atoms with Gasteiger partial charge in [-0.1, -0.05) is 45.7 Å². The van der Waals surface area contributed by atoms with Crippen LogP contribution in [0, 0.1) is 0 Å². The number of hydrogen-bond donors (Lipinski definition) is 1. The van der Waals surface area contributed by atoms with Crippen LogP contribution in [0.5, 0.6) is 0 Å². The van der Waals surface area contributed by atoms with Gasteiger partial charge in [-0.15, -0.1) is 0 Å². The molecule has 2 aromatic rings. The van der Waals surface area contributed by atoms with Gasteiger partial charge in [0.1, 0.15) is 0 Å². The molecule has 0 unspecified atom stereocenters. The summed E-state index contributed by atoms with van der Waals surface area (Å²) in [5.41, 5.74) is 3.19. The van der Waals surface area contributed by atoms with E-state index >= 15 is 0 Å². The Balaban J connectivity index is 2.15. The molecular weight excluding hydrogens is 338 g/mol. The highest BCUT2D eigenvalue weighted by molar-refractivity contribution is 9.10. The predicted molar refractivity (Wildman–Crippen MR) is 88.3 cm³/mol. The van der Waals surface area contributed by atoms with E-state index < -0.39 is 6.10 Å². The Bertz CT molecular complexity index is 584. The third kappa shape index (κ3) is 3.75. The first-order valence-corrected chi connectivity index (χ1v) is 7.57. The summed E-state index contributed by atoms with van der Waals surface area (Å²) in [6.45, 7) is 2.56. The molecule has 2 nitrogen and oxygen atoms in total. The number of halogens is 2. The summed E-state index contributed by atoms with van der Waals surface area (Å²) in [6.07, 6.45) is -0.472. The maximum atomic E-state index is 9.64. The summed E-state index contributed by atoms with van der Waals surface area (Å²) >= 11 is 9.40. The summed E-state index contributed by atoms with van der Waals surface area (Å²) < 4.78 is 0.924. The fraction of sp³-hybridized carbons (Fsp3) is 0.250. The first kappa shape index (κ1) is 15.4. The molecule has 0 aliphatic rings. The van der Waals surface area contributed by atoms with Gasteiger partial charge < -0.3 is 10.0 Å². The van der Waals surface area contributed by atoms with Crippen LogP contribution in [0.3, 0.4) is 0 Å². The normalized spacial score (nSPS) is 12.2. The van der Waals surface area contributed by atoms with Gasteiger partial charge in [-0.05, 0) is 42.3 Å². The van der Waals surface area contributed by atoms with Crippen LogP contribution in [0.4, 0.5) is 5.69 Å². The van der Waals surface area contributed by atoms with Gasteiger partial charge in [0, 0.05) is 28.8 Å². The van der Waals surface area contributed by atoms with Gasteiger partial charge in [0.05, 0.1) is 6.10 Å². The first-order chi connectivity index (χ1) is 9.47. The van der Waals surface area contributed by atoms with Gasteiger partial charge in [0.15, 0.2) is 0 Å². The van der Waals surface area contributed by atoms with Crippen LogP contribution in [0.1, 0.15) is 24.2 Å². The average molecular weight is 355 g/mol. The summed E-state index contributed by atoms with van der Waals surface area (Å²) in [7, 11) is 2.04. The van der Waals surface area contributed by atoms with Gasteiger partial charge in [-0.2, -0.15) is 0 Å². The minimum atomic E-state index is -0.472. The highest BCUT2D eigenvalue weighted by Crippen LogP contribution is 2.28. The third-order valence-corrected chi connectivity index (χ3v) is 4.15. The van der Waals surface area contributed by atoms with Crippen molar-refractivity contribution in [2.24, 2.45) is 0 Å². The molecule has 0 amide bonds. The number of rotatable bonds is 4. The third-order valence-electron chi connectivity index (χ3n) is 3.21. The van der Waals surface area contributed by atoms with Crippen molar-refractivity contribution >= 4 is 33.2 Å². The monoisotopic (exact) mass is 353 g/mol. The minimum Gasteiger partial charge on any atom is -0.389 e. The zero-order valence-electron chi connectivity index (χ0n) is 11.5. The van der Waals surface area contributed by atoms with Crippen LogP contribution in [0.15, 0.2) is 46.9 Å². The molecule has 0 aromatic heterocycles. The summed E-state index contributed by atoms with van der Waals surface area (Å²) in [5, 5.41) is 10.4. The van der Waals surface area contributed by atoms with Crippen molar-refractivity contribution in [2.75, 3.05) is 11.9 Å². The molecule has 0 heterocycles. The zero-order valence-corrected chi connectivity index (χ0v) is 13.8. The minimum absolute atomic E-state index is 0.472. The van der Waals surface area contributed by atoms with Crippen LogP contribution in [-0.4, -0.2) is 12.2 Å². The number of aliphatic hydroxyl groups excluding tert-OH is 1. The molecule has 1 atom stereocenters. The van der Waals surface area contributed by atoms with Gasteiger partial charge in [-0.3, -0.25) is 0 Å². The Kier molecular flexibility index (Phi) is 5.08. The van der Waals surface area contributed by atoms with E-state index in [9.17, 15) is 5.11 Å². The zero-order chi connectivity index (χ0) is 14.7. The first-order valence-electron chi connectivity index (χ1n) is 6.40. The van der Waals surface area contributed by atoms with Crippen molar-refractivity contribution < 1.29 is 5.11 Å². The Morgan fingerprint density at radius 1 is 1.20 bits per heavy atom. The van der Waals surface area contributed by atoms with Crippen molar-refractivity contribution in [3.05, 3.63) is 63.1 Å². The van der Waals surface area contributed by atoms with Crippen molar-refractivity contribution in [3.63, 3.8) is 0 Å². The van der Waals surface area contributed by atoms with Crippen LogP contribution in [0.25, 0.3) is 0 Å². The summed E-state index contributed by atoms with van der Waals surface area (Å²) in [5.74, 6) is 0. The van der Waals surface area contributed by atoms with Crippen molar-refractivity contribution in [1.29, 1.82) is 0 Å². The number of nitrogens with zero attached hydrogens (tertiary/aromatic N) is 1. The molecule has 1 N–H and O–H groups in total. The number of anilines is 1. The second kappa shape index (κ2) is 6.61. The van der Waals surface area contributed by atoms with Gasteiger partial charge in [-0.25, -0.2) is 0 Å². The Morgan fingerprint density at radius 2 is 1.85 bits per heavy atom. The fourth-order valence-corrected chi connectivity index (χ4v) is 2.87. The van der Waals surface area contributed by atoms with E-state index in [4.69, 9.17) is 11.6 Å². The second-order valence-electron chi connectivity index (χ2n) is 4.86. The largest absolute Gasteiger partial charge is 0.389 e. The molecule has 106 valence electrons. The predicted octanol–water partition coefficient (Wildman–Crippen LogP) is 4.79. The van der Waals surface area contributed by atoms with E-state index in [0.29, 0.717) is 0 Å². The topological polar surface area (TPSA) is 23.5 Å². The highest BCUT2D eigenvalue weighted by atomic mass is 79.9. The highest BCUT2D eigenvalue weighted by Gasteiger charge is 2.09. The van der Waals surface area contributed by atoms with Crippen LogP contribution >= 0.6 is 27.5 Å². The molecule has 0 saturated carbocycles. The van der Waals surface area contributed by atoms with E-state index in [1.165, 1.54) is 5.56 Å². The molecule has 0 saturated heterocycles. The summed E-state index contributed by atoms with van der Waals surface area (Å²) in [6, 6.07) is 13.8. The lowest BCUT2D eigenvalue weighted by Gasteiger charge is -2.21. The molecule has 20 heavy (non-hydrogen) atoms. The summed E-state index contributed by atoms with van der Waals surface area (Å²) in [4.78, 5) is 2.15. The molecule has 0 aliphatic carbocycles. The number of benzene rings is 2.